The number of aryl methyl sites for hydroxylation is 9. The van der Waals surface area contributed by atoms with Crippen molar-refractivity contribution in [2.24, 2.45) is 5.84 Å². The lowest BCUT2D eigenvalue weighted by molar-refractivity contribution is -0.193. The van der Waals surface area contributed by atoms with Gasteiger partial charge in [0.25, 0.3) is 11.5 Å². The number of nitrogens with two attached hydrogens (primary N) is 2. The van der Waals surface area contributed by atoms with Crippen LogP contribution in [0.25, 0.3) is 11.0 Å². The molecule has 10 rings (SSSR count). The number of amides is 1. The lowest BCUT2D eigenvalue weighted by atomic mass is 10.1. The summed E-state index contributed by atoms with van der Waals surface area (Å²) in [6.07, 6.45) is 11.2. The van der Waals surface area contributed by atoms with Gasteiger partial charge in [-0.25, -0.2) is 36.0 Å². The monoisotopic (exact) mass is 1360 g/mol. The third kappa shape index (κ3) is 26.8. The minimum atomic E-state index is -0.270. The molecular weight excluding hydrogens is 1300 g/mol. The highest BCUT2D eigenvalue weighted by Crippen LogP contribution is 2.18. The van der Waals surface area contributed by atoms with Crippen LogP contribution in [0.4, 0.5) is 33.6 Å². The number of alkyl halides is 1. The van der Waals surface area contributed by atoms with Crippen molar-refractivity contribution in [3.05, 3.63) is 259 Å². The summed E-state index contributed by atoms with van der Waals surface area (Å²) >= 11 is 13.6. The number of aromatic nitrogens is 8. The minimum Gasteiger partial charge on any atom is -0.384 e. The molecule has 1 amide bonds. The zero-order valence-corrected chi connectivity index (χ0v) is 53.2. The summed E-state index contributed by atoms with van der Waals surface area (Å²) in [4.78, 5) is 61.9. The average molecular weight is 1370 g/mol. The number of carbonyl (C=O) groups excluding carboxylic acids is 5. The summed E-state index contributed by atoms with van der Waals surface area (Å²) < 4.78 is 68.8. The molecule has 92 heavy (non-hydrogen) atoms. The van der Waals surface area contributed by atoms with Gasteiger partial charge < -0.3 is 16.0 Å². The largest absolute Gasteiger partial charge is 0.384 e. The van der Waals surface area contributed by atoms with E-state index < -0.39 is 0 Å². The maximum absolute atomic E-state index is 13.1. The molecule has 0 spiro atoms. The van der Waals surface area contributed by atoms with Crippen molar-refractivity contribution in [1.82, 2.24) is 50.1 Å². The SMILES string of the molecule is CCc1cnn(CCc2ccc(F)cc2)c1N.CCc1cnn(CCc2ccc(F)cc2)c1NC(=S)NC(=O)c1ccccc1.Fc1ccc(CCBr)cc1.NNCCc1ccc(F)cc1.O=C=O.O=C=O.O=c1[nH]c(=S)[nH]c2c1cnn2CCc1ccc(F)cc1. The van der Waals surface area contributed by atoms with Crippen molar-refractivity contribution in [2.75, 3.05) is 22.9 Å². The first kappa shape index (κ1) is 74.7. The average Bonchev–Trinajstić information content (AvgIpc) is 1.94. The molecule has 0 saturated carbocycles. The number of anilines is 2. The molecule has 4 heterocycles. The fraction of sp³-hybridized carbons (Fsp3) is 0.215. The Morgan fingerprint density at radius 1 is 0.565 bits per heavy atom. The molecular formula is C65H67BrF5N13O6S2. The summed E-state index contributed by atoms with van der Waals surface area (Å²) in [5.74, 6) is 5.21. The first-order valence-corrected chi connectivity index (χ1v) is 30.2. The topological polar surface area (TPSA) is 276 Å². The lowest BCUT2D eigenvalue weighted by Crippen LogP contribution is -2.35. The van der Waals surface area contributed by atoms with Gasteiger partial charge in [-0.05, 0) is 170 Å². The van der Waals surface area contributed by atoms with Gasteiger partial charge in [0.05, 0.1) is 18.6 Å². The lowest BCUT2D eigenvalue weighted by Gasteiger charge is -2.13. The van der Waals surface area contributed by atoms with Crippen LogP contribution in [0.1, 0.15) is 63.1 Å². The van der Waals surface area contributed by atoms with Gasteiger partial charge in [0.1, 0.15) is 51.8 Å². The Kier molecular flexibility index (Phi) is 33.8. The molecule has 0 atom stereocenters. The van der Waals surface area contributed by atoms with Gasteiger partial charge >= 0.3 is 12.3 Å². The number of hydrogen-bond acceptors (Lipinski definition) is 14. The number of aromatic amines is 2. The van der Waals surface area contributed by atoms with E-state index >= 15 is 0 Å². The van der Waals surface area contributed by atoms with E-state index in [-0.39, 0.29) is 62.7 Å². The number of nitrogen functional groups attached to an aromatic ring is 1. The molecule has 10 aromatic rings. The van der Waals surface area contributed by atoms with Crippen molar-refractivity contribution in [2.45, 2.75) is 78.4 Å². The number of benzene rings is 6. The fourth-order valence-corrected chi connectivity index (χ4v) is 9.07. The summed E-state index contributed by atoms with van der Waals surface area (Å²) in [5.41, 5.74) is 16.8. The summed E-state index contributed by atoms with van der Waals surface area (Å²) in [7, 11) is 0. The van der Waals surface area contributed by atoms with Crippen LogP contribution >= 0.6 is 40.4 Å². The number of nitrogens with one attached hydrogen (secondary N) is 5. The van der Waals surface area contributed by atoms with E-state index in [4.69, 9.17) is 55.2 Å². The van der Waals surface area contributed by atoms with E-state index in [1.807, 2.05) is 17.7 Å². The number of hydrogen-bond donors (Lipinski definition) is 7. The molecule has 0 aliphatic carbocycles. The van der Waals surface area contributed by atoms with Gasteiger partial charge in [0.15, 0.2) is 9.88 Å². The Balaban J connectivity index is 0.000000250. The summed E-state index contributed by atoms with van der Waals surface area (Å²) in [6.45, 7) is 6.69. The fourth-order valence-electron chi connectivity index (χ4n) is 8.23. The van der Waals surface area contributed by atoms with E-state index in [0.29, 0.717) is 49.1 Å². The summed E-state index contributed by atoms with van der Waals surface area (Å²) in [6, 6.07) is 41.1. The zero-order valence-electron chi connectivity index (χ0n) is 50.0. The summed E-state index contributed by atoms with van der Waals surface area (Å²) in [5, 5.41) is 20.2. The van der Waals surface area contributed by atoms with Crippen molar-refractivity contribution in [1.29, 1.82) is 0 Å². The van der Waals surface area contributed by atoms with Crippen LogP contribution < -0.4 is 33.2 Å². The number of nitrogens with zero attached hydrogens (tertiary/aromatic N) is 6. The standard InChI is InChI=1S/C21H21FN4OS.C13H11FN4OS.C13H16FN3.C8H8BrF.C8H11FN2.2CO2/c1-2-16-14-23-26(13-12-15-8-10-18(22)11-9-15)19(16)24-21(28)25-20(27)17-6-4-3-5-7-17;14-9-3-1-8(2-4-9)5-6-18-11-10(7-15-18)12(19)17-13(20)16-11;1-2-11-9-16-17(13(11)15)8-7-10-3-5-12(14)6-4-10;9-6-5-7-1-3-8(10)4-2-7;9-8-3-1-7(2-4-8)5-6-11-10;2*2-1-3/h3-11,14H,2,12-13H2,1H3,(H2,24,25,27,28);1-4,7H,5-6H2,(H2,16,17,19,20);3-6,9H,2,7-8,15H2,1H3;1-4H,5-6H2;1-4,11H,5-6,10H2;;. The molecule has 0 aliphatic heterocycles. The Bertz CT molecular complexity index is 4000. The van der Waals surface area contributed by atoms with E-state index in [2.05, 4.69) is 64.2 Å². The Hall–Kier alpha value is -9.72. The maximum atomic E-state index is 13.1. The molecule has 6 aromatic carbocycles. The smallest absolute Gasteiger partial charge is 0.373 e. The number of carbonyl (C=O) groups is 1. The van der Waals surface area contributed by atoms with Crippen molar-refractivity contribution in [3.8, 4) is 0 Å². The first-order chi connectivity index (χ1) is 44.4. The highest BCUT2D eigenvalue weighted by atomic mass is 79.9. The second kappa shape index (κ2) is 41.6. The number of fused-ring (bicyclic) bond motifs is 1. The molecule has 0 unspecified atom stereocenters. The van der Waals surface area contributed by atoms with E-state index in [1.165, 1.54) is 72.4 Å². The highest BCUT2D eigenvalue weighted by molar-refractivity contribution is 9.09. The number of hydrazine groups is 1. The predicted octanol–water partition coefficient (Wildman–Crippen LogP) is 11.0. The molecule has 9 N–H and O–H groups in total. The van der Waals surface area contributed by atoms with Crippen LogP contribution in [0.15, 0.2) is 175 Å². The van der Waals surface area contributed by atoms with Gasteiger partial charge in [-0.1, -0.05) is 109 Å². The normalized spacial score (nSPS) is 10.0. The van der Waals surface area contributed by atoms with E-state index in [1.54, 1.807) is 107 Å². The van der Waals surface area contributed by atoms with Gasteiger partial charge in [0.2, 0.25) is 0 Å². The van der Waals surface area contributed by atoms with Gasteiger partial charge in [-0.15, -0.1) is 0 Å². The van der Waals surface area contributed by atoms with Crippen LogP contribution in [-0.2, 0) is 83.8 Å². The Morgan fingerprint density at radius 2 is 0.957 bits per heavy atom. The number of thiocarbonyl (C=S) groups is 1. The van der Waals surface area contributed by atoms with E-state index in [0.717, 1.165) is 89.0 Å². The number of halogens is 6. The second-order valence-electron chi connectivity index (χ2n) is 19.2. The molecule has 4 aromatic heterocycles. The third-order valence-electron chi connectivity index (χ3n) is 13.0. The molecule has 0 aliphatic rings. The van der Waals surface area contributed by atoms with Crippen LogP contribution in [0.3, 0.4) is 0 Å². The van der Waals surface area contributed by atoms with Crippen molar-refractivity contribution in [3.63, 3.8) is 0 Å². The first-order valence-electron chi connectivity index (χ1n) is 28.3. The Morgan fingerprint density at radius 3 is 1.38 bits per heavy atom. The maximum Gasteiger partial charge on any atom is 0.373 e. The highest BCUT2D eigenvalue weighted by Gasteiger charge is 2.14. The van der Waals surface area contributed by atoms with Gasteiger partial charge in [-0.2, -0.15) is 34.5 Å². The zero-order chi connectivity index (χ0) is 67.2. The number of H-pyrrole nitrogens is 2. The molecule has 27 heteroatoms. The quantitative estimate of drug-likeness (QED) is 0.0138. The molecule has 0 radical (unpaired) electrons. The van der Waals surface area contributed by atoms with Gasteiger partial charge in [-0.3, -0.25) is 31.2 Å². The van der Waals surface area contributed by atoms with Crippen molar-refractivity contribution >= 4 is 86.4 Å². The van der Waals surface area contributed by atoms with Crippen LogP contribution in [0.2, 0.25) is 0 Å². The van der Waals surface area contributed by atoms with Crippen LogP contribution in [0.5, 0.6) is 0 Å². The van der Waals surface area contributed by atoms with Crippen molar-refractivity contribution < 1.29 is 45.9 Å². The minimum absolute atomic E-state index is 0.168. The number of rotatable bonds is 18. The van der Waals surface area contributed by atoms with E-state index in [9.17, 15) is 31.5 Å². The Labute approximate surface area is 545 Å². The predicted molar refractivity (Wildman–Crippen MR) is 350 cm³/mol. The molecule has 19 nitrogen and oxygen atoms in total. The van der Waals surface area contributed by atoms with Gasteiger partial charge in [0, 0.05) is 48.2 Å². The second-order valence-corrected chi connectivity index (χ2v) is 20.8. The third-order valence-corrected chi connectivity index (χ3v) is 13.8. The molecule has 0 fully saturated rings. The van der Waals surface area contributed by atoms with Crippen LogP contribution in [-0.4, -0.2) is 74.5 Å². The van der Waals surface area contributed by atoms with Crippen LogP contribution in [0, 0.1) is 33.9 Å². The molecule has 0 saturated heterocycles. The molecule has 0 bridgehead atoms. The molecule has 482 valence electrons.